The van der Waals surface area contributed by atoms with Gasteiger partial charge in [-0.3, -0.25) is 9.88 Å². The van der Waals surface area contributed by atoms with Crippen LogP contribution in [0.2, 0.25) is 10.0 Å². The Kier molecular flexibility index (Phi) is 4.82. The van der Waals surface area contributed by atoms with Crippen molar-refractivity contribution in [1.29, 1.82) is 0 Å². The van der Waals surface area contributed by atoms with E-state index in [1.807, 2.05) is 6.92 Å². The summed E-state index contributed by atoms with van der Waals surface area (Å²) in [5.41, 5.74) is 1.32. The first-order chi connectivity index (χ1) is 9.61. The van der Waals surface area contributed by atoms with Crippen molar-refractivity contribution in [2.24, 2.45) is 0 Å². The number of aromatic nitrogens is 1. The first kappa shape index (κ1) is 14.6. The lowest BCUT2D eigenvalue weighted by atomic mass is 10.3. The maximum atomic E-state index is 12.3. The van der Waals surface area contributed by atoms with Gasteiger partial charge < -0.3 is 5.32 Å². The minimum atomic E-state index is -0.251. The predicted molar refractivity (Wildman–Crippen MR) is 82.7 cm³/mol. The Morgan fingerprint density at radius 1 is 1.30 bits per heavy atom. The molecule has 0 fully saturated rings. The molecule has 0 saturated carbocycles. The van der Waals surface area contributed by atoms with E-state index in [-0.39, 0.29) is 6.03 Å². The molecule has 0 saturated heterocycles. The van der Waals surface area contributed by atoms with E-state index < -0.39 is 0 Å². The van der Waals surface area contributed by atoms with E-state index in [9.17, 15) is 4.79 Å². The lowest BCUT2D eigenvalue weighted by Crippen LogP contribution is -2.34. The van der Waals surface area contributed by atoms with Crippen molar-refractivity contribution in [2.75, 3.05) is 16.8 Å². The van der Waals surface area contributed by atoms with E-state index >= 15 is 0 Å². The van der Waals surface area contributed by atoms with Crippen molar-refractivity contribution in [3.8, 4) is 0 Å². The van der Waals surface area contributed by atoms with E-state index in [2.05, 4.69) is 10.3 Å². The van der Waals surface area contributed by atoms with Crippen molar-refractivity contribution >= 4 is 40.6 Å². The van der Waals surface area contributed by atoms with Gasteiger partial charge in [0, 0.05) is 18.4 Å². The molecule has 104 valence electrons. The van der Waals surface area contributed by atoms with Crippen LogP contribution in [0.3, 0.4) is 0 Å². The van der Waals surface area contributed by atoms with Crippen LogP contribution in [0.5, 0.6) is 0 Å². The van der Waals surface area contributed by atoms with Crippen LogP contribution in [-0.2, 0) is 0 Å². The quantitative estimate of drug-likeness (QED) is 0.910. The van der Waals surface area contributed by atoms with Crippen molar-refractivity contribution in [2.45, 2.75) is 6.92 Å². The van der Waals surface area contributed by atoms with E-state index in [0.717, 1.165) is 0 Å². The number of hydrogen-bond donors (Lipinski definition) is 1. The fourth-order valence-electron chi connectivity index (χ4n) is 1.72. The third-order valence-electron chi connectivity index (χ3n) is 2.69. The second-order valence-electron chi connectivity index (χ2n) is 4.01. The molecule has 0 bridgehead atoms. The highest BCUT2D eigenvalue weighted by atomic mass is 35.5. The van der Waals surface area contributed by atoms with Gasteiger partial charge in [-0.2, -0.15) is 0 Å². The van der Waals surface area contributed by atoms with Gasteiger partial charge in [0.05, 0.1) is 21.9 Å². The molecule has 1 aromatic carbocycles. The van der Waals surface area contributed by atoms with Gasteiger partial charge in [0.2, 0.25) is 0 Å². The molecule has 2 aromatic rings. The Hall–Kier alpha value is -1.78. The third kappa shape index (κ3) is 3.40. The normalized spacial score (nSPS) is 10.2. The molecule has 0 unspecified atom stereocenters. The summed E-state index contributed by atoms with van der Waals surface area (Å²) in [5.74, 6) is 0. The Labute approximate surface area is 127 Å². The molecule has 2 rings (SSSR count). The van der Waals surface area contributed by atoms with Gasteiger partial charge in [-0.1, -0.05) is 23.2 Å². The van der Waals surface area contributed by atoms with E-state index in [1.54, 1.807) is 47.6 Å². The highest BCUT2D eigenvalue weighted by Gasteiger charge is 2.15. The number of carbonyl (C=O) groups excluding carboxylic acids is 1. The monoisotopic (exact) mass is 309 g/mol. The van der Waals surface area contributed by atoms with Crippen LogP contribution >= 0.6 is 23.2 Å². The average molecular weight is 310 g/mol. The summed E-state index contributed by atoms with van der Waals surface area (Å²) < 4.78 is 0. The molecule has 2 amide bonds. The summed E-state index contributed by atoms with van der Waals surface area (Å²) in [6, 6.07) is 8.35. The Bertz CT molecular complexity index is 605. The maximum absolute atomic E-state index is 12.3. The van der Waals surface area contributed by atoms with Crippen LogP contribution in [0.4, 0.5) is 16.2 Å². The third-order valence-corrected chi connectivity index (χ3v) is 3.43. The largest absolute Gasteiger partial charge is 0.326 e. The molecule has 1 aromatic heterocycles. The fraction of sp³-hybridized carbons (Fsp3) is 0.143. The van der Waals surface area contributed by atoms with Crippen LogP contribution in [-0.4, -0.2) is 17.6 Å². The summed E-state index contributed by atoms with van der Waals surface area (Å²) in [4.78, 5) is 17.8. The number of amides is 2. The molecule has 0 aliphatic rings. The van der Waals surface area contributed by atoms with E-state index in [4.69, 9.17) is 23.2 Å². The van der Waals surface area contributed by atoms with Gasteiger partial charge in [0.25, 0.3) is 0 Å². The molecule has 0 radical (unpaired) electrons. The van der Waals surface area contributed by atoms with E-state index in [1.165, 1.54) is 0 Å². The summed E-state index contributed by atoms with van der Waals surface area (Å²) >= 11 is 11.9. The SMILES string of the molecule is CCN(C(=O)Nc1cccnc1)c1ccc(Cl)c(Cl)c1. The van der Waals surface area contributed by atoms with Crippen molar-refractivity contribution in [1.82, 2.24) is 4.98 Å². The van der Waals surface area contributed by atoms with E-state index in [0.29, 0.717) is 28.0 Å². The van der Waals surface area contributed by atoms with Gasteiger partial charge in [0.1, 0.15) is 0 Å². The number of hydrogen-bond acceptors (Lipinski definition) is 2. The van der Waals surface area contributed by atoms with Crippen molar-refractivity contribution in [3.63, 3.8) is 0 Å². The van der Waals surface area contributed by atoms with Gasteiger partial charge in [-0.25, -0.2) is 4.79 Å². The summed E-state index contributed by atoms with van der Waals surface area (Å²) in [7, 11) is 0. The average Bonchev–Trinajstić information content (AvgIpc) is 2.44. The second kappa shape index (κ2) is 6.59. The first-order valence-electron chi connectivity index (χ1n) is 6.05. The molecular weight excluding hydrogens is 297 g/mol. The van der Waals surface area contributed by atoms with Crippen LogP contribution in [0.25, 0.3) is 0 Å². The standard InChI is InChI=1S/C14H13Cl2N3O/c1-2-19(11-5-6-12(15)13(16)8-11)14(20)18-10-4-3-7-17-9-10/h3-9H,2H2,1H3,(H,18,20). The van der Waals surface area contributed by atoms with Gasteiger partial charge in [0.15, 0.2) is 0 Å². The number of urea groups is 1. The molecule has 6 heteroatoms. The number of nitrogens with zero attached hydrogens (tertiary/aromatic N) is 2. The Morgan fingerprint density at radius 2 is 2.10 bits per heavy atom. The molecule has 1 heterocycles. The summed E-state index contributed by atoms with van der Waals surface area (Å²) in [6.45, 7) is 2.38. The maximum Gasteiger partial charge on any atom is 0.326 e. The van der Waals surface area contributed by atoms with Crippen LogP contribution < -0.4 is 10.2 Å². The fourth-order valence-corrected chi connectivity index (χ4v) is 2.02. The number of carbonyl (C=O) groups is 1. The first-order valence-corrected chi connectivity index (χ1v) is 6.81. The Balaban J connectivity index is 2.19. The van der Waals surface area contributed by atoms with Gasteiger partial charge >= 0.3 is 6.03 Å². The lowest BCUT2D eigenvalue weighted by molar-refractivity contribution is 0.257. The second-order valence-corrected chi connectivity index (χ2v) is 4.83. The number of anilines is 2. The molecule has 4 nitrogen and oxygen atoms in total. The van der Waals surface area contributed by atoms with Crippen LogP contribution in [0, 0.1) is 0 Å². The molecule has 0 aliphatic heterocycles. The topological polar surface area (TPSA) is 45.2 Å². The van der Waals surface area contributed by atoms with Gasteiger partial charge in [-0.15, -0.1) is 0 Å². The molecule has 0 aliphatic carbocycles. The number of halogens is 2. The van der Waals surface area contributed by atoms with Crippen molar-refractivity contribution in [3.05, 3.63) is 52.8 Å². The molecule has 0 atom stereocenters. The highest BCUT2D eigenvalue weighted by Crippen LogP contribution is 2.27. The summed E-state index contributed by atoms with van der Waals surface area (Å²) in [5, 5.41) is 3.65. The van der Waals surface area contributed by atoms with Crippen LogP contribution in [0.1, 0.15) is 6.92 Å². The smallest absolute Gasteiger partial charge is 0.306 e. The minimum absolute atomic E-state index is 0.251. The number of pyridine rings is 1. The molecular formula is C14H13Cl2N3O. The molecule has 0 spiro atoms. The van der Waals surface area contributed by atoms with Crippen LogP contribution in [0.15, 0.2) is 42.7 Å². The Morgan fingerprint density at radius 3 is 2.70 bits per heavy atom. The van der Waals surface area contributed by atoms with Crippen molar-refractivity contribution < 1.29 is 4.79 Å². The molecule has 20 heavy (non-hydrogen) atoms. The van der Waals surface area contributed by atoms with Gasteiger partial charge in [-0.05, 0) is 37.3 Å². The number of rotatable bonds is 3. The molecule has 1 N–H and O–H groups in total. The number of nitrogens with one attached hydrogen (secondary N) is 1. The zero-order chi connectivity index (χ0) is 14.5. The number of benzene rings is 1. The zero-order valence-electron chi connectivity index (χ0n) is 10.8. The zero-order valence-corrected chi connectivity index (χ0v) is 12.3. The lowest BCUT2D eigenvalue weighted by Gasteiger charge is -2.21. The predicted octanol–water partition coefficient (Wildman–Crippen LogP) is 4.45. The highest BCUT2D eigenvalue weighted by molar-refractivity contribution is 6.42. The minimum Gasteiger partial charge on any atom is -0.306 e. The summed E-state index contributed by atoms with van der Waals surface area (Å²) in [6.07, 6.45) is 3.23.